The molecule has 0 fully saturated rings. The number of nitrogens with zero attached hydrogens (tertiary/aromatic N) is 1. The molecule has 0 amide bonds. The molecule has 0 bridgehead atoms. The summed E-state index contributed by atoms with van der Waals surface area (Å²) in [5.41, 5.74) is 6.93. The summed E-state index contributed by atoms with van der Waals surface area (Å²) in [6.45, 7) is 6.42. The molecule has 3 aromatic carbocycles. The molecule has 0 unspecified atom stereocenters. The summed E-state index contributed by atoms with van der Waals surface area (Å²) >= 11 is 3.51. The van der Waals surface area contributed by atoms with Gasteiger partial charge in [0.1, 0.15) is 0 Å². The molecule has 1 nitrogen and oxygen atoms in total. The maximum atomic E-state index is 3.51. The Morgan fingerprint density at radius 1 is 0.800 bits per heavy atom. The van der Waals surface area contributed by atoms with Crippen LogP contribution >= 0.6 is 15.9 Å². The van der Waals surface area contributed by atoms with Crippen LogP contribution < -0.4 is 4.90 Å². The molecule has 3 aromatic rings. The number of aryl methyl sites for hydroxylation is 3. The lowest BCUT2D eigenvalue weighted by Crippen LogP contribution is -2.12. The molecule has 0 N–H and O–H groups in total. The molecule has 0 aliphatic rings. The second kappa shape index (κ2) is 7.59. The van der Waals surface area contributed by atoms with Crippen LogP contribution in [0.4, 0.5) is 11.4 Å². The monoisotopic (exact) mass is 389 g/mol. The van der Waals surface area contributed by atoms with Crippen LogP contribution in [-0.2, 0) is 0 Å². The van der Waals surface area contributed by atoms with Gasteiger partial charge >= 0.3 is 0 Å². The van der Waals surface area contributed by atoms with Gasteiger partial charge in [0.05, 0.1) is 11.4 Å². The van der Waals surface area contributed by atoms with Gasteiger partial charge in [-0.15, -0.1) is 0 Å². The van der Waals surface area contributed by atoms with Gasteiger partial charge in [-0.1, -0.05) is 51.8 Å². The smallest absolute Gasteiger partial charge is 0.0604 e. The maximum Gasteiger partial charge on any atom is 0.0604 e. The number of halogens is 1. The van der Waals surface area contributed by atoms with Crippen LogP contribution in [0.1, 0.15) is 22.3 Å². The van der Waals surface area contributed by atoms with E-state index in [0.717, 1.165) is 21.4 Å². The van der Waals surface area contributed by atoms with Crippen molar-refractivity contribution >= 4 is 27.3 Å². The summed E-state index contributed by atoms with van der Waals surface area (Å²) in [6.07, 6.45) is 0. The van der Waals surface area contributed by atoms with E-state index in [1.807, 2.05) is 42.5 Å². The first-order valence-corrected chi connectivity index (χ1v) is 9.04. The maximum absolute atomic E-state index is 3.51. The first-order valence-electron chi connectivity index (χ1n) is 8.25. The molecule has 0 aliphatic carbocycles. The van der Waals surface area contributed by atoms with Crippen LogP contribution in [0.15, 0.2) is 71.2 Å². The minimum Gasteiger partial charge on any atom is -0.269 e. The van der Waals surface area contributed by atoms with Gasteiger partial charge in [0.2, 0.25) is 0 Å². The lowest BCUT2D eigenvalue weighted by molar-refractivity contribution is 1.22. The van der Waals surface area contributed by atoms with Gasteiger partial charge in [0.25, 0.3) is 0 Å². The highest BCUT2D eigenvalue weighted by molar-refractivity contribution is 9.10. The van der Waals surface area contributed by atoms with E-state index in [2.05, 4.69) is 77.8 Å². The molecule has 2 heteroatoms. The van der Waals surface area contributed by atoms with Crippen molar-refractivity contribution in [1.29, 1.82) is 0 Å². The third-order valence-corrected chi connectivity index (χ3v) is 4.56. The fourth-order valence-corrected chi connectivity index (χ4v) is 3.27. The summed E-state index contributed by atoms with van der Waals surface area (Å²) in [4.78, 5) is 2.09. The molecular formula is C23H20BrN. The van der Waals surface area contributed by atoms with Crippen LogP contribution in [0.25, 0.3) is 0 Å². The van der Waals surface area contributed by atoms with Gasteiger partial charge in [-0.2, -0.15) is 0 Å². The third kappa shape index (κ3) is 4.13. The van der Waals surface area contributed by atoms with Gasteiger partial charge in [-0.25, -0.2) is 0 Å². The second-order valence-corrected chi connectivity index (χ2v) is 7.08. The Hall–Kier alpha value is -2.50. The van der Waals surface area contributed by atoms with Crippen LogP contribution in [-0.4, -0.2) is 0 Å². The van der Waals surface area contributed by atoms with Crippen LogP contribution in [0.2, 0.25) is 0 Å². The van der Waals surface area contributed by atoms with Crippen molar-refractivity contribution in [3.63, 3.8) is 0 Å². The largest absolute Gasteiger partial charge is 0.269 e. The standard InChI is InChI=1S/C23H20BrN/c1-17-15-18(2)23(19(3)16-17)25(22-11-9-21(24)10-12-22)14-13-20-7-5-4-6-8-20/h4-12,15-16H,1-3H3. The van der Waals surface area contributed by atoms with E-state index in [4.69, 9.17) is 0 Å². The van der Waals surface area contributed by atoms with Crippen LogP contribution in [0, 0.1) is 32.7 Å². The predicted octanol–water partition coefficient (Wildman–Crippen LogP) is 6.52. The van der Waals surface area contributed by atoms with Crippen molar-refractivity contribution in [3.05, 3.63) is 93.5 Å². The summed E-state index contributed by atoms with van der Waals surface area (Å²) in [7, 11) is 0. The van der Waals surface area contributed by atoms with E-state index in [9.17, 15) is 0 Å². The highest BCUT2D eigenvalue weighted by Gasteiger charge is 2.13. The Kier molecular flexibility index (Phi) is 5.26. The van der Waals surface area contributed by atoms with E-state index in [0.29, 0.717) is 0 Å². The molecule has 124 valence electrons. The van der Waals surface area contributed by atoms with Crippen molar-refractivity contribution in [1.82, 2.24) is 0 Å². The Morgan fingerprint density at radius 2 is 1.40 bits per heavy atom. The Balaban J connectivity index is 2.13. The van der Waals surface area contributed by atoms with E-state index >= 15 is 0 Å². The zero-order valence-electron chi connectivity index (χ0n) is 14.7. The van der Waals surface area contributed by atoms with Crippen molar-refractivity contribution in [2.45, 2.75) is 20.8 Å². The highest BCUT2D eigenvalue weighted by Crippen LogP contribution is 2.32. The van der Waals surface area contributed by atoms with Gasteiger partial charge in [-0.05, 0) is 74.2 Å². The summed E-state index contributed by atoms with van der Waals surface area (Å²) in [5, 5.41) is 0. The predicted molar refractivity (Wildman–Crippen MR) is 110 cm³/mol. The van der Waals surface area contributed by atoms with Gasteiger partial charge < -0.3 is 0 Å². The molecule has 0 saturated heterocycles. The minimum absolute atomic E-state index is 1.01. The van der Waals surface area contributed by atoms with E-state index in [-0.39, 0.29) is 0 Å². The average molecular weight is 390 g/mol. The molecule has 0 aromatic heterocycles. The molecule has 0 heterocycles. The van der Waals surface area contributed by atoms with E-state index in [1.165, 1.54) is 16.7 Å². The fourth-order valence-electron chi connectivity index (χ4n) is 3.01. The highest BCUT2D eigenvalue weighted by atomic mass is 79.9. The molecular weight excluding hydrogens is 370 g/mol. The number of hydrogen-bond acceptors (Lipinski definition) is 1. The number of anilines is 2. The molecule has 0 spiro atoms. The van der Waals surface area contributed by atoms with E-state index in [1.54, 1.807) is 0 Å². The Bertz CT molecular complexity index is 908. The number of rotatable bonds is 2. The minimum atomic E-state index is 1.01. The van der Waals surface area contributed by atoms with Gasteiger partial charge in [0.15, 0.2) is 0 Å². The summed E-state index contributed by atoms with van der Waals surface area (Å²) in [5.74, 6) is 3.29. The van der Waals surface area contributed by atoms with Crippen molar-refractivity contribution in [3.8, 4) is 12.0 Å². The molecule has 0 radical (unpaired) electrons. The zero-order valence-corrected chi connectivity index (χ0v) is 16.3. The SMILES string of the molecule is Cc1cc(C)c(N(C#Cc2ccccc2)c2ccc(Br)cc2)c(C)c1. The molecule has 0 saturated carbocycles. The molecule has 0 aliphatic heterocycles. The normalized spacial score (nSPS) is 10.1. The quantitative estimate of drug-likeness (QED) is 0.356. The summed E-state index contributed by atoms with van der Waals surface area (Å²) < 4.78 is 1.06. The fraction of sp³-hybridized carbons (Fsp3) is 0.130. The topological polar surface area (TPSA) is 3.24 Å². The molecule has 0 atom stereocenters. The van der Waals surface area contributed by atoms with Crippen molar-refractivity contribution < 1.29 is 0 Å². The molecule has 3 rings (SSSR count). The zero-order chi connectivity index (χ0) is 17.8. The van der Waals surface area contributed by atoms with Crippen LogP contribution in [0.5, 0.6) is 0 Å². The first-order chi connectivity index (χ1) is 12.0. The first kappa shape index (κ1) is 17.3. The summed E-state index contributed by atoms with van der Waals surface area (Å²) in [6, 6.07) is 26.1. The lowest BCUT2D eigenvalue weighted by atomic mass is 10.0. The van der Waals surface area contributed by atoms with Crippen molar-refractivity contribution in [2.24, 2.45) is 0 Å². The Labute approximate surface area is 158 Å². The van der Waals surface area contributed by atoms with E-state index < -0.39 is 0 Å². The average Bonchev–Trinajstić information content (AvgIpc) is 2.59. The number of hydrogen-bond donors (Lipinski definition) is 0. The van der Waals surface area contributed by atoms with Gasteiger partial charge in [0, 0.05) is 16.1 Å². The van der Waals surface area contributed by atoms with Crippen molar-refractivity contribution in [2.75, 3.05) is 4.90 Å². The lowest BCUT2D eigenvalue weighted by Gasteiger charge is -2.23. The van der Waals surface area contributed by atoms with Gasteiger partial charge in [-0.3, -0.25) is 4.90 Å². The Morgan fingerprint density at radius 3 is 2.00 bits per heavy atom. The molecule has 25 heavy (non-hydrogen) atoms. The second-order valence-electron chi connectivity index (χ2n) is 6.16. The third-order valence-electron chi connectivity index (χ3n) is 4.03. The van der Waals surface area contributed by atoms with Crippen LogP contribution in [0.3, 0.4) is 0 Å². The number of benzene rings is 3.